The van der Waals surface area contributed by atoms with Crippen molar-refractivity contribution in [2.45, 2.75) is 13.8 Å². The van der Waals surface area contributed by atoms with Gasteiger partial charge in [0.1, 0.15) is 13.2 Å². The number of benzene rings is 1. The molecule has 25 heavy (non-hydrogen) atoms. The second-order valence-electron chi connectivity index (χ2n) is 5.84. The molecule has 0 aromatic heterocycles. The number of amides is 1. The van der Waals surface area contributed by atoms with E-state index in [9.17, 15) is 4.79 Å². The number of anilines is 1. The lowest BCUT2D eigenvalue weighted by atomic mass is 10.2. The minimum Gasteiger partial charge on any atom is -0.487 e. The van der Waals surface area contributed by atoms with Crippen LogP contribution in [0, 0.1) is 5.92 Å². The van der Waals surface area contributed by atoms with Gasteiger partial charge in [-0.05, 0) is 12.1 Å². The van der Waals surface area contributed by atoms with E-state index < -0.39 is 0 Å². The molecule has 1 amide bonds. The Morgan fingerprint density at radius 2 is 1.36 bits per heavy atom. The summed E-state index contributed by atoms with van der Waals surface area (Å²) in [4.78, 5) is 11.9. The van der Waals surface area contributed by atoms with Gasteiger partial charge in [0, 0.05) is 17.7 Å². The summed E-state index contributed by atoms with van der Waals surface area (Å²) in [6.45, 7) is 7.49. The maximum atomic E-state index is 11.9. The lowest BCUT2D eigenvalue weighted by molar-refractivity contribution is -0.118. The summed E-state index contributed by atoms with van der Waals surface area (Å²) < 4.78 is 27.8. The SMILES string of the molecule is CC(C)C(=O)Nc1ccc2c(c1)OCCOCCOCCOCCO2. The Bertz CT molecular complexity index is 534. The predicted molar refractivity (Wildman–Crippen MR) is 93.4 cm³/mol. The second-order valence-corrected chi connectivity index (χ2v) is 5.84. The highest BCUT2D eigenvalue weighted by Crippen LogP contribution is 2.30. The van der Waals surface area contributed by atoms with Gasteiger partial charge in [0.2, 0.25) is 5.91 Å². The van der Waals surface area contributed by atoms with Gasteiger partial charge in [0.25, 0.3) is 0 Å². The molecule has 1 N–H and O–H groups in total. The molecule has 1 aliphatic rings. The van der Waals surface area contributed by atoms with Crippen LogP contribution in [-0.2, 0) is 19.0 Å². The van der Waals surface area contributed by atoms with E-state index in [-0.39, 0.29) is 11.8 Å². The molecule has 0 saturated heterocycles. The Morgan fingerprint density at radius 3 is 1.92 bits per heavy atom. The summed E-state index contributed by atoms with van der Waals surface area (Å²) in [5, 5.41) is 2.86. The van der Waals surface area contributed by atoms with Gasteiger partial charge in [-0.3, -0.25) is 4.79 Å². The Balaban J connectivity index is 2.02. The largest absolute Gasteiger partial charge is 0.487 e. The van der Waals surface area contributed by atoms with Gasteiger partial charge in [0.05, 0.1) is 39.6 Å². The number of fused-ring (bicyclic) bond motifs is 1. The van der Waals surface area contributed by atoms with Crippen molar-refractivity contribution in [3.05, 3.63) is 18.2 Å². The molecule has 1 heterocycles. The predicted octanol–water partition coefficient (Wildman–Crippen LogP) is 2.10. The number of rotatable bonds is 2. The molecule has 1 aromatic carbocycles. The van der Waals surface area contributed by atoms with Crippen molar-refractivity contribution in [1.29, 1.82) is 0 Å². The first-order valence-corrected chi connectivity index (χ1v) is 8.60. The third-order valence-corrected chi connectivity index (χ3v) is 3.45. The second kappa shape index (κ2) is 10.9. The van der Waals surface area contributed by atoms with Crippen molar-refractivity contribution < 1.29 is 28.5 Å². The number of hydrogen-bond donors (Lipinski definition) is 1. The zero-order valence-electron chi connectivity index (χ0n) is 14.9. The first-order chi connectivity index (χ1) is 12.2. The monoisotopic (exact) mass is 353 g/mol. The number of ether oxygens (including phenoxy) is 5. The molecule has 2 rings (SSSR count). The zero-order chi connectivity index (χ0) is 17.9. The molecule has 7 heteroatoms. The van der Waals surface area contributed by atoms with E-state index in [1.165, 1.54) is 0 Å². The first-order valence-electron chi connectivity index (χ1n) is 8.60. The molecule has 7 nitrogen and oxygen atoms in total. The van der Waals surface area contributed by atoms with Crippen LogP contribution in [0.5, 0.6) is 11.5 Å². The normalized spacial score (nSPS) is 17.4. The smallest absolute Gasteiger partial charge is 0.226 e. The van der Waals surface area contributed by atoms with E-state index in [1.54, 1.807) is 18.2 Å². The van der Waals surface area contributed by atoms with Crippen LogP contribution < -0.4 is 14.8 Å². The Hall–Kier alpha value is -1.83. The van der Waals surface area contributed by atoms with Gasteiger partial charge in [-0.25, -0.2) is 0 Å². The first kappa shape index (κ1) is 19.5. The van der Waals surface area contributed by atoms with Gasteiger partial charge in [-0.15, -0.1) is 0 Å². The molecule has 1 aromatic rings. The average Bonchev–Trinajstić information content (AvgIpc) is 2.60. The molecule has 0 aliphatic carbocycles. The standard InChI is InChI=1S/C18H27NO6/c1-14(2)18(20)19-15-3-4-16-17(13-15)25-12-10-23-8-6-21-5-7-22-9-11-24-16/h3-4,13-14H,5-12H2,1-2H3,(H,19,20). The van der Waals surface area contributed by atoms with Crippen molar-refractivity contribution in [3.8, 4) is 11.5 Å². The maximum absolute atomic E-state index is 11.9. The van der Waals surface area contributed by atoms with Crippen molar-refractivity contribution in [1.82, 2.24) is 0 Å². The molecule has 0 spiro atoms. The van der Waals surface area contributed by atoms with Crippen LogP contribution in [0.1, 0.15) is 13.8 Å². The number of nitrogens with one attached hydrogen (secondary N) is 1. The van der Waals surface area contributed by atoms with Crippen LogP contribution in [0.3, 0.4) is 0 Å². The summed E-state index contributed by atoms with van der Waals surface area (Å²) in [5.74, 6) is 1.03. The van der Waals surface area contributed by atoms with Crippen molar-refractivity contribution in [3.63, 3.8) is 0 Å². The van der Waals surface area contributed by atoms with Crippen LogP contribution in [0.2, 0.25) is 0 Å². The highest BCUT2D eigenvalue weighted by molar-refractivity contribution is 5.92. The Morgan fingerprint density at radius 1 is 0.840 bits per heavy atom. The van der Waals surface area contributed by atoms with E-state index >= 15 is 0 Å². The number of carbonyl (C=O) groups is 1. The van der Waals surface area contributed by atoms with Gasteiger partial charge >= 0.3 is 0 Å². The van der Waals surface area contributed by atoms with Crippen LogP contribution >= 0.6 is 0 Å². The summed E-state index contributed by atoms with van der Waals surface area (Å²) in [6, 6.07) is 5.34. The van der Waals surface area contributed by atoms with Gasteiger partial charge in [-0.2, -0.15) is 0 Å². The summed E-state index contributed by atoms with van der Waals surface area (Å²) in [7, 11) is 0. The summed E-state index contributed by atoms with van der Waals surface area (Å²) in [5.41, 5.74) is 0.671. The minimum atomic E-state index is -0.0949. The number of carbonyl (C=O) groups excluding carboxylic acids is 1. The fourth-order valence-electron chi connectivity index (χ4n) is 2.07. The third kappa shape index (κ3) is 7.29. The molecule has 140 valence electrons. The van der Waals surface area contributed by atoms with Crippen molar-refractivity contribution in [2.24, 2.45) is 5.92 Å². The Labute approximate surface area is 148 Å². The quantitative estimate of drug-likeness (QED) is 0.878. The molecule has 0 unspecified atom stereocenters. The van der Waals surface area contributed by atoms with E-state index in [1.807, 2.05) is 13.8 Å². The zero-order valence-corrected chi connectivity index (χ0v) is 14.9. The maximum Gasteiger partial charge on any atom is 0.226 e. The van der Waals surface area contributed by atoms with Crippen molar-refractivity contribution >= 4 is 11.6 Å². The van der Waals surface area contributed by atoms with E-state index in [0.29, 0.717) is 70.0 Å². The van der Waals surface area contributed by atoms with E-state index in [2.05, 4.69) is 5.32 Å². The van der Waals surface area contributed by atoms with E-state index in [4.69, 9.17) is 23.7 Å². The molecule has 0 bridgehead atoms. The van der Waals surface area contributed by atoms with Gasteiger partial charge in [-0.1, -0.05) is 13.8 Å². The molecule has 0 saturated carbocycles. The van der Waals surface area contributed by atoms with Crippen LogP contribution in [0.4, 0.5) is 5.69 Å². The molecule has 0 fully saturated rings. The number of hydrogen-bond acceptors (Lipinski definition) is 6. The topological polar surface area (TPSA) is 75.3 Å². The van der Waals surface area contributed by atoms with Crippen molar-refractivity contribution in [2.75, 3.05) is 58.2 Å². The fourth-order valence-corrected chi connectivity index (χ4v) is 2.07. The molecule has 1 aliphatic heterocycles. The highest BCUT2D eigenvalue weighted by Gasteiger charge is 2.11. The average molecular weight is 353 g/mol. The van der Waals surface area contributed by atoms with E-state index in [0.717, 1.165) is 0 Å². The highest BCUT2D eigenvalue weighted by atomic mass is 16.6. The molecular weight excluding hydrogens is 326 g/mol. The molecular formula is C18H27NO6. The van der Waals surface area contributed by atoms with Crippen LogP contribution in [0.25, 0.3) is 0 Å². The van der Waals surface area contributed by atoms with Gasteiger partial charge < -0.3 is 29.0 Å². The Kier molecular flexibility index (Phi) is 8.51. The minimum absolute atomic E-state index is 0.0465. The summed E-state index contributed by atoms with van der Waals surface area (Å²) in [6.07, 6.45) is 0. The summed E-state index contributed by atoms with van der Waals surface area (Å²) >= 11 is 0. The lowest BCUT2D eigenvalue weighted by Crippen LogP contribution is -2.18. The van der Waals surface area contributed by atoms with Gasteiger partial charge in [0.15, 0.2) is 11.5 Å². The third-order valence-electron chi connectivity index (χ3n) is 3.45. The molecule has 0 radical (unpaired) electrons. The fraction of sp³-hybridized carbons (Fsp3) is 0.611. The molecule has 0 atom stereocenters. The van der Waals surface area contributed by atoms with Crippen LogP contribution in [0.15, 0.2) is 18.2 Å². The lowest BCUT2D eigenvalue weighted by Gasteiger charge is -2.15. The van der Waals surface area contributed by atoms with Crippen LogP contribution in [-0.4, -0.2) is 58.8 Å².